The Kier molecular flexibility index (Phi) is 5.01. The largest absolute Gasteiger partial charge is 0.480 e. The summed E-state index contributed by atoms with van der Waals surface area (Å²) in [6.07, 6.45) is 3.95. The molecule has 0 atom stereocenters. The molecular formula is C15H18INO3. The number of carboxylic acids is 1. The average Bonchev–Trinajstić information content (AvgIpc) is 2.92. The molecule has 1 aromatic carbocycles. The first kappa shape index (κ1) is 15.3. The second-order valence-electron chi connectivity index (χ2n) is 5.20. The summed E-state index contributed by atoms with van der Waals surface area (Å²) in [6.45, 7) is 1.74. The summed E-state index contributed by atoms with van der Waals surface area (Å²) in [5, 5.41) is 9.07. The first-order chi connectivity index (χ1) is 9.50. The van der Waals surface area contributed by atoms with Gasteiger partial charge in [-0.2, -0.15) is 0 Å². The molecule has 0 saturated heterocycles. The molecule has 0 aliphatic heterocycles. The van der Waals surface area contributed by atoms with Crippen LogP contribution in [-0.2, 0) is 4.79 Å². The van der Waals surface area contributed by atoms with Gasteiger partial charge in [0.25, 0.3) is 5.91 Å². The molecule has 1 fully saturated rings. The quantitative estimate of drug-likeness (QED) is 0.808. The predicted octanol–water partition coefficient (Wildman–Crippen LogP) is 3.07. The van der Waals surface area contributed by atoms with Crippen LogP contribution in [-0.4, -0.2) is 34.5 Å². The van der Waals surface area contributed by atoms with Gasteiger partial charge in [-0.3, -0.25) is 9.59 Å². The number of rotatable bonds is 4. The third-order valence-corrected chi connectivity index (χ3v) is 5.19. The van der Waals surface area contributed by atoms with Crippen LogP contribution < -0.4 is 0 Å². The van der Waals surface area contributed by atoms with E-state index in [2.05, 4.69) is 22.6 Å². The first-order valence-corrected chi connectivity index (χ1v) is 7.86. The van der Waals surface area contributed by atoms with Gasteiger partial charge in [0.15, 0.2) is 0 Å². The third kappa shape index (κ3) is 3.31. The Morgan fingerprint density at radius 2 is 2.00 bits per heavy atom. The van der Waals surface area contributed by atoms with E-state index in [0.29, 0.717) is 5.56 Å². The zero-order valence-corrected chi connectivity index (χ0v) is 13.6. The summed E-state index contributed by atoms with van der Waals surface area (Å²) < 4.78 is 0.906. The topological polar surface area (TPSA) is 57.6 Å². The number of hydrogen-bond donors (Lipinski definition) is 1. The average molecular weight is 387 g/mol. The molecule has 1 saturated carbocycles. The lowest BCUT2D eigenvalue weighted by Crippen LogP contribution is -2.42. The molecule has 5 heteroatoms. The highest BCUT2D eigenvalue weighted by Crippen LogP contribution is 2.26. The van der Waals surface area contributed by atoms with Crippen LogP contribution in [0.1, 0.15) is 41.6 Å². The van der Waals surface area contributed by atoms with E-state index in [0.717, 1.165) is 34.8 Å². The first-order valence-electron chi connectivity index (χ1n) is 6.78. The zero-order valence-electron chi connectivity index (χ0n) is 11.4. The monoisotopic (exact) mass is 387 g/mol. The lowest BCUT2D eigenvalue weighted by atomic mass is 10.1. The Balaban J connectivity index is 2.29. The fourth-order valence-electron chi connectivity index (χ4n) is 2.70. The van der Waals surface area contributed by atoms with Crippen LogP contribution in [0.4, 0.5) is 0 Å². The van der Waals surface area contributed by atoms with Crippen LogP contribution in [0.3, 0.4) is 0 Å². The van der Waals surface area contributed by atoms with Crippen molar-refractivity contribution in [2.24, 2.45) is 0 Å². The second kappa shape index (κ2) is 6.56. The zero-order chi connectivity index (χ0) is 14.7. The minimum atomic E-state index is -0.951. The van der Waals surface area contributed by atoms with E-state index in [4.69, 9.17) is 5.11 Å². The van der Waals surface area contributed by atoms with Gasteiger partial charge in [0.2, 0.25) is 0 Å². The van der Waals surface area contributed by atoms with Crippen molar-refractivity contribution in [1.82, 2.24) is 4.90 Å². The predicted molar refractivity (Wildman–Crippen MR) is 84.8 cm³/mol. The number of nitrogens with zero attached hydrogens (tertiary/aromatic N) is 1. The summed E-state index contributed by atoms with van der Waals surface area (Å²) in [5.74, 6) is -1.11. The molecular weight excluding hydrogens is 369 g/mol. The van der Waals surface area contributed by atoms with Crippen LogP contribution in [0, 0.1) is 10.5 Å². The van der Waals surface area contributed by atoms with Gasteiger partial charge < -0.3 is 10.0 Å². The van der Waals surface area contributed by atoms with Crippen LogP contribution in [0.5, 0.6) is 0 Å². The summed E-state index contributed by atoms with van der Waals surface area (Å²) in [7, 11) is 0. The van der Waals surface area contributed by atoms with E-state index >= 15 is 0 Å². The van der Waals surface area contributed by atoms with Gasteiger partial charge in [-0.15, -0.1) is 0 Å². The highest BCUT2D eigenvalue weighted by atomic mass is 127. The summed E-state index contributed by atoms with van der Waals surface area (Å²) in [5.41, 5.74) is 1.65. The van der Waals surface area contributed by atoms with E-state index < -0.39 is 5.97 Å². The number of benzene rings is 1. The van der Waals surface area contributed by atoms with Crippen LogP contribution in [0.2, 0.25) is 0 Å². The lowest BCUT2D eigenvalue weighted by Gasteiger charge is -2.28. The maximum atomic E-state index is 12.7. The number of carbonyl (C=O) groups is 2. The van der Waals surface area contributed by atoms with Gasteiger partial charge in [0.1, 0.15) is 6.54 Å². The lowest BCUT2D eigenvalue weighted by molar-refractivity contribution is -0.138. The van der Waals surface area contributed by atoms with Gasteiger partial charge in [-0.25, -0.2) is 0 Å². The van der Waals surface area contributed by atoms with Crippen molar-refractivity contribution in [3.05, 3.63) is 32.9 Å². The number of amides is 1. The minimum absolute atomic E-state index is 0.0647. The molecule has 1 N–H and O–H groups in total. The number of carboxylic acid groups (broad SMARTS) is 1. The number of hydrogen-bond acceptors (Lipinski definition) is 2. The Morgan fingerprint density at radius 1 is 1.35 bits per heavy atom. The molecule has 1 aliphatic carbocycles. The van der Waals surface area contributed by atoms with Gasteiger partial charge in [-0.1, -0.05) is 25.0 Å². The Hall–Kier alpha value is -1.11. The normalized spacial score (nSPS) is 15.3. The third-order valence-electron chi connectivity index (χ3n) is 3.75. The molecule has 0 unspecified atom stereocenters. The van der Waals surface area contributed by atoms with Crippen molar-refractivity contribution in [3.8, 4) is 0 Å². The van der Waals surface area contributed by atoms with Crippen LogP contribution in [0.25, 0.3) is 0 Å². The van der Waals surface area contributed by atoms with Crippen LogP contribution in [0.15, 0.2) is 18.2 Å². The van der Waals surface area contributed by atoms with E-state index in [1.807, 2.05) is 19.1 Å². The van der Waals surface area contributed by atoms with Crippen molar-refractivity contribution < 1.29 is 14.7 Å². The van der Waals surface area contributed by atoms with E-state index in [1.165, 1.54) is 4.90 Å². The van der Waals surface area contributed by atoms with E-state index in [9.17, 15) is 9.59 Å². The molecule has 20 heavy (non-hydrogen) atoms. The minimum Gasteiger partial charge on any atom is -0.480 e. The molecule has 0 radical (unpaired) electrons. The molecule has 2 rings (SSSR count). The number of aliphatic carboxylic acids is 1. The molecule has 4 nitrogen and oxygen atoms in total. The fourth-order valence-corrected chi connectivity index (χ4v) is 3.29. The second-order valence-corrected chi connectivity index (χ2v) is 6.28. The summed E-state index contributed by atoms with van der Waals surface area (Å²) in [6, 6.07) is 5.64. The molecule has 0 spiro atoms. The van der Waals surface area contributed by atoms with Crippen molar-refractivity contribution in [3.63, 3.8) is 0 Å². The van der Waals surface area contributed by atoms with E-state index in [-0.39, 0.29) is 18.5 Å². The van der Waals surface area contributed by atoms with Crippen molar-refractivity contribution >= 4 is 34.5 Å². The Bertz CT molecular complexity index is 524. The molecule has 1 aromatic rings. The number of halogens is 1. The highest BCUT2D eigenvalue weighted by Gasteiger charge is 2.30. The smallest absolute Gasteiger partial charge is 0.323 e. The standard InChI is InChI=1S/C15H18INO3/c1-10-5-4-8-12(14(10)16)15(20)17(9-13(18)19)11-6-2-3-7-11/h4-5,8,11H,2-3,6-7,9H2,1H3,(H,18,19). The summed E-state index contributed by atoms with van der Waals surface area (Å²) >= 11 is 2.16. The van der Waals surface area contributed by atoms with Gasteiger partial charge in [0.05, 0.1) is 5.56 Å². The molecule has 108 valence electrons. The Labute approximate surface area is 132 Å². The molecule has 0 aromatic heterocycles. The highest BCUT2D eigenvalue weighted by molar-refractivity contribution is 14.1. The van der Waals surface area contributed by atoms with Gasteiger partial charge in [0, 0.05) is 9.61 Å². The summed E-state index contributed by atoms with van der Waals surface area (Å²) in [4.78, 5) is 25.3. The maximum Gasteiger partial charge on any atom is 0.323 e. The maximum absolute atomic E-state index is 12.7. The van der Waals surface area contributed by atoms with Gasteiger partial charge >= 0.3 is 5.97 Å². The fraction of sp³-hybridized carbons (Fsp3) is 0.467. The Morgan fingerprint density at radius 3 is 2.60 bits per heavy atom. The molecule has 0 bridgehead atoms. The molecule has 1 amide bonds. The molecule has 0 heterocycles. The molecule has 1 aliphatic rings. The van der Waals surface area contributed by atoms with Crippen molar-refractivity contribution in [1.29, 1.82) is 0 Å². The van der Waals surface area contributed by atoms with Crippen LogP contribution >= 0.6 is 22.6 Å². The van der Waals surface area contributed by atoms with Crippen molar-refractivity contribution in [2.45, 2.75) is 38.6 Å². The van der Waals surface area contributed by atoms with Crippen molar-refractivity contribution in [2.75, 3.05) is 6.54 Å². The van der Waals surface area contributed by atoms with Gasteiger partial charge in [-0.05, 0) is 54.0 Å². The number of carbonyl (C=O) groups excluding carboxylic acids is 1. The van der Waals surface area contributed by atoms with E-state index in [1.54, 1.807) is 6.07 Å². The number of aryl methyl sites for hydroxylation is 1. The SMILES string of the molecule is Cc1cccc(C(=O)N(CC(=O)O)C2CCCC2)c1I.